The van der Waals surface area contributed by atoms with E-state index in [9.17, 15) is 9.59 Å². The lowest BCUT2D eigenvalue weighted by Crippen LogP contribution is -2.24. The van der Waals surface area contributed by atoms with E-state index in [2.05, 4.69) is 56.4 Å². The molecular weight excluding hydrogens is 614 g/mol. The lowest BCUT2D eigenvalue weighted by molar-refractivity contribution is -0.117. The molecule has 4 nitrogen and oxygen atoms in total. The highest BCUT2D eigenvalue weighted by molar-refractivity contribution is 6.30. The minimum Gasteiger partial charge on any atom is -0.456 e. The standard InChI is InChI=1S/C43H48ClNO3/c1-28-26-36(44)22-25-38(28)32-18-23-37(24-19-32)45-40(46)39(27-29-8-10-34(11-9-29)41(47)48-43(5,6)7)33-14-12-30(13-15-33)31-16-20-35(21-17-31)42(2,3)4/h8-16,18-19,22-26,35,39H,17,20-21,27H2,1-7H3,(H,45,46)/t35-,39?/m0/s1. The van der Waals surface area contributed by atoms with Gasteiger partial charge in [0.15, 0.2) is 0 Å². The zero-order valence-corrected chi connectivity index (χ0v) is 30.1. The molecule has 2 atom stereocenters. The van der Waals surface area contributed by atoms with Crippen LogP contribution in [0.25, 0.3) is 16.7 Å². The van der Waals surface area contributed by atoms with Crippen molar-refractivity contribution < 1.29 is 14.3 Å². The highest BCUT2D eigenvalue weighted by atomic mass is 35.5. The first kappa shape index (κ1) is 35.2. The molecule has 0 bridgehead atoms. The van der Waals surface area contributed by atoms with Crippen molar-refractivity contribution in [2.75, 3.05) is 5.32 Å². The van der Waals surface area contributed by atoms with Gasteiger partial charge in [0, 0.05) is 10.7 Å². The SMILES string of the molecule is Cc1cc(Cl)ccc1-c1ccc(NC(=O)C(Cc2ccc(C(=O)OC(C)(C)C)cc2)c2ccc(C3=CC[C@H](C(C)(C)C)CC3)cc2)cc1. The second-order valence-electron chi connectivity index (χ2n) is 15.2. The molecule has 0 radical (unpaired) electrons. The Labute approximate surface area is 291 Å². The number of amides is 1. The molecule has 5 rings (SSSR count). The van der Waals surface area contributed by atoms with Gasteiger partial charge in [0.05, 0.1) is 11.5 Å². The highest BCUT2D eigenvalue weighted by Crippen LogP contribution is 2.40. The van der Waals surface area contributed by atoms with Gasteiger partial charge in [-0.25, -0.2) is 4.79 Å². The number of carbonyl (C=O) groups is 2. The van der Waals surface area contributed by atoms with Crippen LogP contribution in [0, 0.1) is 18.3 Å². The Morgan fingerprint density at radius 2 is 1.50 bits per heavy atom. The Balaban J connectivity index is 1.37. The normalized spacial score (nSPS) is 15.8. The zero-order chi connectivity index (χ0) is 34.6. The number of anilines is 1. The lowest BCUT2D eigenvalue weighted by Gasteiger charge is -2.33. The monoisotopic (exact) mass is 661 g/mol. The Hall–Kier alpha value is -4.15. The number of nitrogens with one attached hydrogen (secondary N) is 1. The maximum atomic E-state index is 14.0. The van der Waals surface area contributed by atoms with Crippen molar-refractivity contribution in [1.29, 1.82) is 0 Å². The fourth-order valence-corrected chi connectivity index (χ4v) is 6.66. The fraction of sp³-hybridized carbons (Fsp3) is 0.349. The third-order valence-corrected chi connectivity index (χ3v) is 9.55. The predicted octanol–water partition coefficient (Wildman–Crippen LogP) is 11.5. The molecule has 1 unspecified atom stereocenters. The first-order chi connectivity index (χ1) is 22.7. The molecule has 0 saturated heterocycles. The topological polar surface area (TPSA) is 55.4 Å². The number of benzene rings is 4. The molecule has 1 amide bonds. The summed E-state index contributed by atoms with van der Waals surface area (Å²) >= 11 is 6.17. The summed E-state index contributed by atoms with van der Waals surface area (Å²) in [4.78, 5) is 26.6. The summed E-state index contributed by atoms with van der Waals surface area (Å²) in [7, 11) is 0. The minimum atomic E-state index is -0.571. The minimum absolute atomic E-state index is 0.0840. The van der Waals surface area contributed by atoms with Gasteiger partial charge in [0.25, 0.3) is 0 Å². The molecule has 0 aliphatic heterocycles. The van der Waals surface area contributed by atoms with Gasteiger partial charge in [-0.2, -0.15) is 0 Å². The molecule has 1 aliphatic carbocycles. The molecule has 48 heavy (non-hydrogen) atoms. The van der Waals surface area contributed by atoms with E-state index < -0.39 is 11.5 Å². The van der Waals surface area contributed by atoms with Crippen LogP contribution in [0.3, 0.4) is 0 Å². The van der Waals surface area contributed by atoms with Crippen molar-refractivity contribution in [2.45, 2.75) is 85.7 Å². The molecule has 1 N–H and O–H groups in total. The van der Waals surface area contributed by atoms with Crippen LogP contribution in [0.4, 0.5) is 5.69 Å². The van der Waals surface area contributed by atoms with E-state index in [1.54, 1.807) is 12.1 Å². The maximum absolute atomic E-state index is 14.0. The first-order valence-electron chi connectivity index (χ1n) is 17.0. The van der Waals surface area contributed by atoms with E-state index >= 15 is 0 Å². The van der Waals surface area contributed by atoms with Crippen LogP contribution in [0.15, 0.2) is 97.1 Å². The molecule has 5 heteroatoms. The summed E-state index contributed by atoms with van der Waals surface area (Å²) < 4.78 is 5.54. The average Bonchev–Trinajstić information content (AvgIpc) is 3.03. The molecule has 250 valence electrons. The van der Waals surface area contributed by atoms with Gasteiger partial charge in [-0.15, -0.1) is 0 Å². The van der Waals surface area contributed by atoms with Crippen LogP contribution in [-0.2, 0) is 16.0 Å². The van der Waals surface area contributed by atoms with Crippen molar-refractivity contribution in [3.8, 4) is 11.1 Å². The molecular formula is C43H48ClNO3. The van der Waals surface area contributed by atoms with E-state index in [0.717, 1.165) is 46.3 Å². The number of allylic oxidation sites excluding steroid dienone is 2. The number of rotatable bonds is 8. The van der Waals surface area contributed by atoms with Gasteiger partial charge < -0.3 is 10.1 Å². The average molecular weight is 662 g/mol. The largest absolute Gasteiger partial charge is 0.456 e. The van der Waals surface area contributed by atoms with Gasteiger partial charge in [0.1, 0.15) is 5.60 Å². The molecule has 4 aromatic carbocycles. The van der Waals surface area contributed by atoms with Crippen LogP contribution in [0.2, 0.25) is 5.02 Å². The Bertz CT molecular complexity index is 1770. The second-order valence-corrected chi connectivity index (χ2v) is 15.6. The van der Waals surface area contributed by atoms with Gasteiger partial charge in [-0.3, -0.25) is 4.79 Å². The lowest BCUT2D eigenvalue weighted by atomic mass is 9.72. The zero-order valence-electron chi connectivity index (χ0n) is 29.3. The number of carbonyl (C=O) groups excluding carboxylic acids is 2. The van der Waals surface area contributed by atoms with Gasteiger partial charge in [-0.1, -0.05) is 93.0 Å². The number of halogens is 1. The summed E-state index contributed by atoms with van der Waals surface area (Å²) in [5.74, 6) is -0.184. The van der Waals surface area contributed by atoms with Crippen LogP contribution < -0.4 is 5.32 Å². The van der Waals surface area contributed by atoms with Crippen LogP contribution in [0.5, 0.6) is 0 Å². The van der Waals surface area contributed by atoms with E-state index in [4.69, 9.17) is 16.3 Å². The summed E-state index contributed by atoms with van der Waals surface area (Å²) in [6.07, 6.45) is 6.25. The van der Waals surface area contributed by atoms with Gasteiger partial charge >= 0.3 is 5.97 Å². The number of ether oxygens (including phenoxy) is 1. The van der Waals surface area contributed by atoms with Crippen molar-refractivity contribution >= 4 is 34.7 Å². The highest BCUT2D eigenvalue weighted by Gasteiger charge is 2.27. The summed E-state index contributed by atoms with van der Waals surface area (Å²) in [6.45, 7) is 14.6. The maximum Gasteiger partial charge on any atom is 0.338 e. The van der Waals surface area contributed by atoms with Crippen molar-refractivity contribution in [2.24, 2.45) is 11.3 Å². The van der Waals surface area contributed by atoms with Crippen LogP contribution in [0.1, 0.15) is 99.3 Å². The van der Waals surface area contributed by atoms with Crippen LogP contribution in [-0.4, -0.2) is 17.5 Å². The smallest absolute Gasteiger partial charge is 0.338 e. The number of aryl methyl sites for hydroxylation is 1. The molecule has 0 heterocycles. The van der Waals surface area contributed by atoms with E-state index in [1.807, 2.05) is 82.3 Å². The Morgan fingerprint density at radius 3 is 2.06 bits per heavy atom. The Morgan fingerprint density at radius 1 is 0.854 bits per heavy atom. The van der Waals surface area contributed by atoms with E-state index in [-0.39, 0.29) is 11.9 Å². The molecule has 0 saturated carbocycles. The molecule has 0 fully saturated rings. The van der Waals surface area contributed by atoms with Gasteiger partial charge in [-0.05, 0) is 140 Å². The number of hydrogen-bond acceptors (Lipinski definition) is 3. The summed E-state index contributed by atoms with van der Waals surface area (Å²) in [6, 6.07) is 29.7. The fourth-order valence-electron chi connectivity index (χ4n) is 6.44. The third-order valence-electron chi connectivity index (χ3n) is 9.32. The molecule has 1 aliphatic rings. The van der Waals surface area contributed by atoms with E-state index in [0.29, 0.717) is 28.3 Å². The van der Waals surface area contributed by atoms with Crippen molar-refractivity contribution in [1.82, 2.24) is 0 Å². The summed E-state index contributed by atoms with van der Waals surface area (Å²) in [5, 5.41) is 3.88. The molecule has 4 aromatic rings. The number of hydrogen-bond donors (Lipinski definition) is 1. The third kappa shape index (κ3) is 9.05. The quantitative estimate of drug-likeness (QED) is 0.191. The van der Waals surface area contributed by atoms with Crippen molar-refractivity contribution in [3.05, 3.63) is 130 Å². The summed E-state index contributed by atoms with van der Waals surface area (Å²) in [5.41, 5.74) is 8.74. The van der Waals surface area contributed by atoms with Gasteiger partial charge in [0.2, 0.25) is 5.91 Å². The molecule has 0 spiro atoms. The van der Waals surface area contributed by atoms with Crippen molar-refractivity contribution in [3.63, 3.8) is 0 Å². The van der Waals surface area contributed by atoms with Crippen LogP contribution >= 0.6 is 11.6 Å². The second kappa shape index (κ2) is 14.5. The van der Waals surface area contributed by atoms with E-state index in [1.165, 1.54) is 17.6 Å². The number of esters is 1. The molecule has 0 aromatic heterocycles. The predicted molar refractivity (Wildman–Crippen MR) is 200 cm³/mol. The first-order valence-corrected chi connectivity index (χ1v) is 17.3. The Kier molecular flexibility index (Phi) is 10.7.